The van der Waals surface area contributed by atoms with Gasteiger partial charge >= 0.3 is 6.18 Å². The van der Waals surface area contributed by atoms with Crippen LogP contribution in [-0.2, 0) is 12.7 Å². The van der Waals surface area contributed by atoms with Crippen molar-refractivity contribution in [1.29, 1.82) is 0 Å². The van der Waals surface area contributed by atoms with Crippen LogP contribution >= 0.6 is 0 Å². The van der Waals surface area contributed by atoms with E-state index in [1.807, 2.05) is 0 Å². The van der Waals surface area contributed by atoms with Crippen molar-refractivity contribution in [2.45, 2.75) is 12.7 Å². The van der Waals surface area contributed by atoms with Crippen LogP contribution in [0.3, 0.4) is 0 Å². The molecule has 0 aliphatic heterocycles. The zero-order chi connectivity index (χ0) is 16.4. The van der Waals surface area contributed by atoms with Crippen LogP contribution in [0.2, 0.25) is 0 Å². The number of nitrogens with zero attached hydrogens (tertiary/aromatic N) is 4. The third-order valence-corrected chi connectivity index (χ3v) is 3.13. The molecule has 4 nitrogen and oxygen atoms in total. The Morgan fingerprint density at radius 1 is 1.00 bits per heavy atom. The summed E-state index contributed by atoms with van der Waals surface area (Å²) >= 11 is 0. The van der Waals surface area contributed by atoms with Crippen molar-refractivity contribution in [3.05, 3.63) is 65.5 Å². The first kappa shape index (κ1) is 15.1. The zero-order valence-electron chi connectivity index (χ0n) is 11.6. The predicted molar refractivity (Wildman–Crippen MR) is 73.8 cm³/mol. The normalized spacial score (nSPS) is 11.7. The standard InChI is InChI=1S/C15H10F4N4/c16-13-6-4-11(5-7-13)14-20-22-23(21-14)9-10-2-1-3-12(8-10)15(17,18)19/h1-8H,9H2. The van der Waals surface area contributed by atoms with Crippen molar-refractivity contribution in [1.82, 2.24) is 20.2 Å². The topological polar surface area (TPSA) is 43.6 Å². The molecule has 0 fully saturated rings. The Balaban J connectivity index is 1.81. The first-order chi connectivity index (χ1) is 10.9. The van der Waals surface area contributed by atoms with Crippen LogP contribution < -0.4 is 0 Å². The van der Waals surface area contributed by atoms with Crippen LogP contribution in [-0.4, -0.2) is 20.2 Å². The molecule has 0 N–H and O–H groups in total. The molecule has 1 heterocycles. The SMILES string of the molecule is Fc1ccc(-c2nnn(Cc3cccc(C(F)(F)F)c3)n2)cc1. The van der Waals surface area contributed by atoms with Gasteiger partial charge in [-0.1, -0.05) is 12.1 Å². The lowest BCUT2D eigenvalue weighted by molar-refractivity contribution is -0.137. The molecule has 0 saturated carbocycles. The number of aromatic nitrogens is 4. The van der Waals surface area contributed by atoms with Gasteiger partial charge in [0.05, 0.1) is 12.1 Å². The van der Waals surface area contributed by atoms with E-state index >= 15 is 0 Å². The van der Waals surface area contributed by atoms with Gasteiger partial charge < -0.3 is 0 Å². The lowest BCUT2D eigenvalue weighted by Crippen LogP contribution is -2.08. The molecule has 0 aliphatic rings. The lowest BCUT2D eigenvalue weighted by atomic mass is 10.1. The number of halogens is 4. The molecule has 0 radical (unpaired) electrons. The van der Waals surface area contributed by atoms with Crippen LogP contribution in [0.5, 0.6) is 0 Å². The summed E-state index contributed by atoms with van der Waals surface area (Å²) in [6, 6.07) is 10.5. The zero-order valence-corrected chi connectivity index (χ0v) is 11.6. The number of hydrogen-bond donors (Lipinski definition) is 0. The molecular weight excluding hydrogens is 312 g/mol. The van der Waals surface area contributed by atoms with Crippen molar-refractivity contribution in [3.63, 3.8) is 0 Å². The minimum atomic E-state index is -4.40. The van der Waals surface area contributed by atoms with E-state index in [1.54, 1.807) is 6.07 Å². The highest BCUT2D eigenvalue weighted by Crippen LogP contribution is 2.29. The van der Waals surface area contributed by atoms with E-state index in [2.05, 4.69) is 15.4 Å². The third-order valence-electron chi connectivity index (χ3n) is 3.13. The van der Waals surface area contributed by atoms with E-state index < -0.39 is 11.7 Å². The van der Waals surface area contributed by atoms with Crippen LogP contribution in [0.4, 0.5) is 17.6 Å². The molecule has 0 aliphatic carbocycles. The van der Waals surface area contributed by atoms with Gasteiger partial charge in [-0.15, -0.1) is 10.2 Å². The van der Waals surface area contributed by atoms with Crippen molar-refractivity contribution in [3.8, 4) is 11.4 Å². The summed E-state index contributed by atoms with van der Waals surface area (Å²) in [4.78, 5) is 1.19. The highest BCUT2D eigenvalue weighted by Gasteiger charge is 2.30. The van der Waals surface area contributed by atoms with Gasteiger partial charge in [-0.2, -0.15) is 18.0 Å². The molecule has 1 aromatic heterocycles. The fraction of sp³-hybridized carbons (Fsp3) is 0.133. The quantitative estimate of drug-likeness (QED) is 0.693. The molecule has 2 aromatic carbocycles. The van der Waals surface area contributed by atoms with Gasteiger partial charge in [-0.25, -0.2) is 4.39 Å². The molecule has 0 unspecified atom stereocenters. The Morgan fingerprint density at radius 3 is 2.43 bits per heavy atom. The minimum Gasteiger partial charge on any atom is -0.207 e. The highest BCUT2D eigenvalue weighted by atomic mass is 19.4. The van der Waals surface area contributed by atoms with Gasteiger partial charge in [0.1, 0.15) is 5.82 Å². The van der Waals surface area contributed by atoms with Crippen molar-refractivity contribution < 1.29 is 17.6 Å². The summed E-state index contributed by atoms with van der Waals surface area (Å²) in [5.74, 6) is -0.109. The van der Waals surface area contributed by atoms with E-state index in [-0.39, 0.29) is 18.2 Å². The molecule has 118 valence electrons. The Morgan fingerprint density at radius 2 is 1.74 bits per heavy atom. The van der Waals surface area contributed by atoms with Gasteiger partial charge in [0.2, 0.25) is 5.82 Å². The maximum absolute atomic E-state index is 12.9. The second kappa shape index (κ2) is 5.79. The molecular formula is C15H10F4N4. The monoisotopic (exact) mass is 322 g/mol. The number of alkyl halides is 3. The van der Waals surface area contributed by atoms with Gasteiger partial charge in [0.15, 0.2) is 0 Å². The Hall–Kier alpha value is -2.77. The summed E-state index contributed by atoms with van der Waals surface area (Å²) in [7, 11) is 0. The fourth-order valence-electron chi connectivity index (χ4n) is 2.03. The lowest BCUT2D eigenvalue weighted by Gasteiger charge is -2.08. The summed E-state index contributed by atoms with van der Waals surface area (Å²) < 4.78 is 50.9. The smallest absolute Gasteiger partial charge is 0.207 e. The van der Waals surface area contributed by atoms with Gasteiger partial charge in [-0.3, -0.25) is 0 Å². The van der Waals surface area contributed by atoms with Gasteiger partial charge in [0.25, 0.3) is 0 Å². The molecule has 0 spiro atoms. The summed E-state index contributed by atoms with van der Waals surface area (Å²) in [6.45, 7) is 0.0537. The second-order valence-corrected chi connectivity index (χ2v) is 4.85. The average molecular weight is 322 g/mol. The minimum absolute atomic E-state index is 0.0537. The average Bonchev–Trinajstić information content (AvgIpc) is 2.96. The molecule has 0 amide bonds. The predicted octanol–water partition coefficient (Wildman–Crippen LogP) is 3.55. The Labute approximate surface area is 128 Å². The van der Waals surface area contributed by atoms with E-state index in [9.17, 15) is 17.6 Å². The van der Waals surface area contributed by atoms with Gasteiger partial charge in [0, 0.05) is 5.56 Å². The third kappa shape index (κ3) is 3.53. The molecule has 0 atom stereocenters. The molecule has 3 rings (SSSR count). The fourth-order valence-corrected chi connectivity index (χ4v) is 2.03. The highest BCUT2D eigenvalue weighted by molar-refractivity contribution is 5.53. The summed E-state index contributed by atoms with van der Waals surface area (Å²) in [5.41, 5.74) is 0.249. The summed E-state index contributed by atoms with van der Waals surface area (Å²) in [5, 5.41) is 11.7. The molecule has 23 heavy (non-hydrogen) atoms. The van der Waals surface area contributed by atoms with Gasteiger partial charge in [-0.05, 0) is 47.2 Å². The molecule has 0 saturated heterocycles. The van der Waals surface area contributed by atoms with Crippen LogP contribution in [0.1, 0.15) is 11.1 Å². The second-order valence-electron chi connectivity index (χ2n) is 4.85. The maximum Gasteiger partial charge on any atom is 0.416 e. The van der Waals surface area contributed by atoms with E-state index in [4.69, 9.17) is 0 Å². The molecule has 8 heteroatoms. The van der Waals surface area contributed by atoms with Crippen molar-refractivity contribution >= 4 is 0 Å². The van der Waals surface area contributed by atoms with Crippen LogP contribution in [0.15, 0.2) is 48.5 Å². The number of tetrazole rings is 1. The Bertz CT molecular complexity index is 809. The van der Waals surface area contributed by atoms with E-state index in [0.29, 0.717) is 11.1 Å². The number of hydrogen-bond acceptors (Lipinski definition) is 3. The first-order valence-electron chi connectivity index (χ1n) is 6.62. The molecule has 0 bridgehead atoms. The molecule has 3 aromatic rings. The largest absolute Gasteiger partial charge is 0.416 e. The van der Waals surface area contributed by atoms with Crippen LogP contribution in [0.25, 0.3) is 11.4 Å². The maximum atomic E-state index is 12.9. The number of rotatable bonds is 3. The summed E-state index contributed by atoms with van der Waals surface area (Å²) in [6.07, 6.45) is -4.40. The first-order valence-corrected chi connectivity index (χ1v) is 6.62. The van der Waals surface area contributed by atoms with E-state index in [0.717, 1.165) is 12.1 Å². The van der Waals surface area contributed by atoms with Crippen LogP contribution in [0, 0.1) is 5.82 Å². The number of benzene rings is 2. The van der Waals surface area contributed by atoms with E-state index in [1.165, 1.54) is 35.1 Å². The van der Waals surface area contributed by atoms with Crippen molar-refractivity contribution in [2.75, 3.05) is 0 Å². The van der Waals surface area contributed by atoms with Crippen molar-refractivity contribution in [2.24, 2.45) is 0 Å². The Kier molecular flexibility index (Phi) is 3.81.